The minimum Gasteiger partial charge on any atom is -0.308 e. The molecular weight excluding hydrogens is 683 g/mol. The predicted molar refractivity (Wildman–Crippen MR) is 133 cm³/mol. The summed E-state index contributed by atoms with van der Waals surface area (Å²) in [5, 5.41) is 7.12. The standard InChI is InChI=1S/C16H9BrClI2N3OS2/c1-6-2-12-11(5-9(6)18)21-16(26-12)23-15(25)22-14(24)8-3-7(19)4-10(20)13(8)17/h2-5H,1H3,(H2,21,22,23,24,25). The Morgan fingerprint density at radius 2 is 2.04 bits per heavy atom. The van der Waals surface area contributed by atoms with E-state index in [1.54, 1.807) is 6.07 Å². The molecule has 0 bridgehead atoms. The molecule has 0 fully saturated rings. The molecule has 1 amide bonds. The van der Waals surface area contributed by atoms with Crippen LogP contribution in [0.1, 0.15) is 15.9 Å². The molecule has 3 rings (SSSR count). The minimum absolute atomic E-state index is 0.192. The molecule has 0 saturated carbocycles. The van der Waals surface area contributed by atoms with E-state index in [2.05, 4.69) is 76.7 Å². The van der Waals surface area contributed by atoms with Crippen LogP contribution in [0.4, 0.5) is 5.13 Å². The van der Waals surface area contributed by atoms with Crippen LogP contribution in [0.15, 0.2) is 28.7 Å². The molecular formula is C16H9BrClI2N3OS2. The number of halogens is 4. The molecule has 0 aliphatic heterocycles. The summed E-state index contributed by atoms with van der Waals surface area (Å²) in [6.45, 7) is 1.94. The van der Waals surface area contributed by atoms with E-state index >= 15 is 0 Å². The van der Waals surface area contributed by atoms with Crippen LogP contribution in [0.3, 0.4) is 0 Å². The lowest BCUT2D eigenvalue weighted by Gasteiger charge is -2.10. The van der Waals surface area contributed by atoms with Gasteiger partial charge in [-0.2, -0.15) is 0 Å². The monoisotopic (exact) mass is 691 g/mol. The van der Waals surface area contributed by atoms with E-state index in [0.717, 1.165) is 27.4 Å². The van der Waals surface area contributed by atoms with Crippen molar-refractivity contribution in [2.24, 2.45) is 0 Å². The Morgan fingerprint density at radius 3 is 2.77 bits per heavy atom. The van der Waals surface area contributed by atoms with Crippen molar-refractivity contribution in [2.45, 2.75) is 6.92 Å². The minimum atomic E-state index is -0.286. The summed E-state index contributed by atoms with van der Waals surface area (Å²) in [5.74, 6) is -0.286. The van der Waals surface area contributed by atoms with Crippen molar-refractivity contribution in [1.29, 1.82) is 0 Å². The van der Waals surface area contributed by atoms with Gasteiger partial charge in [0.2, 0.25) is 0 Å². The molecule has 10 heteroatoms. The fourth-order valence-corrected chi connectivity index (χ4v) is 5.74. The van der Waals surface area contributed by atoms with Crippen LogP contribution in [-0.4, -0.2) is 16.0 Å². The van der Waals surface area contributed by atoms with E-state index in [0.29, 0.717) is 15.7 Å². The number of aryl methyl sites for hydroxylation is 1. The third-order valence-corrected chi connectivity index (χ3v) is 7.97. The maximum Gasteiger partial charge on any atom is 0.258 e. The topological polar surface area (TPSA) is 54.0 Å². The van der Waals surface area contributed by atoms with Gasteiger partial charge >= 0.3 is 0 Å². The molecule has 2 aromatic carbocycles. The van der Waals surface area contributed by atoms with Gasteiger partial charge in [-0.05, 0) is 110 Å². The molecule has 0 atom stereocenters. The maximum absolute atomic E-state index is 12.5. The molecule has 0 spiro atoms. The number of aromatic nitrogens is 1. The second-order valence-electron chi connectivity index (χ2n) is 5.25. The van der Waals surface area contributed by atoms with E-state index in [-0.39, 0.29) is 11.0 Å². The molecule has 0 aliphatic rings. The lowest BCUT2D eigenvalue weighted by Crippen LogP contribution is -2.34. The molecule has 0 unspecified atom stereocenters. The van der Waals surface area contributed by atoms with Gasteiger partial charge in [0, 0.05) is 16.6 Å². The van der Waals surface area contributed by atoms with Crippen molar-refractivity contribution < 1.29 is 4.79 Å². The highest BCUT2D eigenvalue weighted by Crippen LogP contribution is 2.30. The zero-order valence-electron chi connectivity index (χ0n) is 13.0. The first-order valence-corrected chi connectivity index (χ1v) is 11.6. The number of benzene rings is 2. The number of carbonyl (C=O) groups is 1. The lowest BCUT2D eigenvalue weighted by molar-refractivity contribution is 0.0977. The highest BCUT2D eigenvalue weighted by molar-refractivity contribution is 14.1. The van der Waals surface area contributed by atoms with Crippen molar-refractivity contribution in [3.63, 3.8) is 0 Å². The zero-order valence-corrected chi connectivity index (χ0v) is 21.3. The molecule has 0 aliphatic carbocycles. The molecule has 0 saturated heterocycles. The SMILES string of the molecule is Cc1cc2sc(NC(=S)NC(=O)c3cc(I)cc(I)c3Br)nc2cc1Cl. The summed E-state index contributed by atoms with van der Waals surface area (Å²) in [4.78, 5) is 17.0. The van der Waals surface area contributed by atoms with Crippen LogP contribution in [0.2, 0.25) is 5.02 Å². The van der Waals surface area contributed by atoms with E-state index < -0.39 is 0 Å². The Balaban J connectivity index is 1.76. The number of carbonyl (C=O) groups excluding carboxylic acids is 1. The number of hydrogen-bond acceptors (Lipinski definition) is 4. The van der Waals surface area contributed by atoms with E-state index in [4.69, 9.17) is 23.8 Å². The zero-order chi connectivity index (χ0) is 19.0. The van der Waals surface area contributed by atoms with Crippen molar-refractivity contribution >= 4 is 123 Å². The fourth-order valence-electron chi connectivity index (χ4n) is 2.12. The number of nitrogens with zero attached hydrogens (tertiary/aromatic N) is 1. The Morgan fingerprint density at radius 1 is 1.31 bits per heavy atom. The van der Waals surface area contributed by atoms with Gasteiger partial charge in [-0.25, -0.2) is 4.98 Å². The Bertz CT molecular complexity index is 1020. The second kappa shape index (κ2) is 8.52. The molecule has 26 heavy (non-hydrogen) atoms. The van der Waals surface area contributed by atoms with Crippen molar-refractivity contribution in [2.75, 3.05) is 5.32 Å². The van der Waals surface area contributed by atoms with Gasteiger partial charge < -0.3 is 5.32 Å². The third-order valence-electron chi connectivity index (χ3n) is 3.35. The molecule has 1 heterocycles. The largest absolute Gasteiger partial charge is 0.308 e. The smallest absolute Gasteiger partial charge is 0.258 e. The van der Waals surface area contributed by atoms with Gasteiger partial charge in [0.25, 0.3) is 5.91 Å². The highest BCUT2D eigenvalue weighted by Gasteiger charge is 2.16. The quantitative estimate of drug-likeness (QED) is 0.187. The van der Waals surface area contributed by atoms with Crippen LogP contribution in [0.5, 0.6) is 0 Å². The molecule has 0 radical (unpaired) electrons. The van der Waals surface area contributed by atoms with Gasteiger partial charge in [0.05, 0.1) is 15.8 Å². The van der Waals surface area contributed by atoms with E-state index in [9.17, 15) is 4.79 Å². The maximum atomic E-state index is 12.5. The van der Waals surface area contributed by atoms with Crippen molar-refractivity contribution in [3.8, 4) is 0 Å². The number of amides is 1. The highest BCUT2D eigenvalue weighted by atomic mass is 127. The van der Waals surface area contributed by atoms with Crippen LogP contribution in [-0.2, 0) is 0 Å². The average molecular weight is 693 g/mol. The number of thiazole rings is 1. The second-order valence-corrected chi connectivity index (χ2v) is 10.3. The van der Waals surface area contributed by atoms with Crippen LogP contribution in [0, 0.1) is 14.1 Å². The normalized spacial score (nSPS) is 10.8. The van der Waals surface area contributed by atoms with Crippen LogP contribution < -0.4 is 10.6 Å². The summed E-state index contributed by atoms with van der Waals surface area (Å²) >= 11 is 20.6. The summed E-state index contributed by atoms with van der Waals surface area (Å²) in [6.07, 6.45) is 0. The van der Waals surface area contributed by atoms with Gasteiger partial charge in [-0.15, -0.1) is 0 Å². The Hall–Kier alpha value is -0.0800. The average Bonchev–Trinajstić information content (AvgIpc) is 2.91. The molecule has 3 aromatic rings. The Labute approximate surface area is 199 Å². The number of rotatable bonds is 2. The first-order chi connectivity index (χ1) is 12.2. The fraction of sp³-hybridized carbons (Fsp3) is 0.0625. The first kappa shape index (κ1) is 20.6. The summed E-state index contributed by atoms with van der Waals surface area (Å²) in [7, 11) is 0. The number of thiocarbonyl (C=S) groups is 1. The van der Waals surface area contributed by atoms with E-state index in [1.807, 2.05) is 25.1 Å². The Kier molecular flexibility index (Phi) is 6.76. The summed E-state index contributed by atoms with van der Waals surface area (Å²) < 4.78 is 3.66. The van der Waals surface area contributed by atoms with Crippen LogP contribution in [0.25, 0.3) is 10.2 Å². The number of hydrogen-bond donors (Lipinski definition) is 2. The van der Waals surface area contributed by atoms with Gasteiger partial charge in [-0.1, -0.05) is 22.9 Å². The third kappa shape index (κ3) is 4.66. The van der Waals surface area contributed by atoms with Crippen molar-refractivity contribution in [1.82, 2.24) is 10.3 Å². The summed E-state index contributed by atoms with van der Waals surface area (Å²) in [6, 6.07) is 7.58. The van der Waals surface area contributed by atoms with E-state index in [1.165, 1.54) is 11.3 Å². The number of anilines is 1. The molecule has 134 valence electrons. The predicted octanol–water partition coefficient (Wildman–Crippen LogP) is 6.36. The molecule has 2 N–H and O–H groups in total. The number of fused-ring (bicyclic) bond motifs is 1. The molecule has 4 nitrogen and oxygen atoms in total. The summed E-state index contributed by atoms with van der Waals surface area (Å²) in [5.41, 5.74) is 2.30. The molecule has 1 aromatic heterocycles. The van der Waals surface area contributed by atoms with Crippen LogP contribution >= 0.6 is 96.3 Å². The van der Waals surface area contributed by atoms with Gasteiger partial charge in [-0.3, -0.25) is 10.1 Å². The lowest BCUT2D eigenvalue weighted by atomic mass is 10.2. The van der Waals surface area contributed by atoms with Crippen molar-refractivity contribution in [3.05, 3.63) is 52.0 Å². The number of nitrogens with one attached hydrogen (secondary N) is 2. The first-order valence-electron chi connectivity index (χ1n) is 7.08. The van der Waals surface area contributed by atoms with Gasteiger partial charge in [0.15, 0.2) is 10.2 Å². The van der Waals surface area contributed by atoms with Gasteiger partial charge in [0.1, 0.15) is 0 Å².